The van der Waals surface area contributed by atoms with Crippen molar-refractivity contribution in [3.05, 3.63) is 34.9 Å². The molecule has 0 saturated carbocycles. The lowest BCUT2D eigenvalue weighted by molar-refractivity contribution is -0.136. The summed E-state index contributed by atoms with van der Waals surface area (Å²) in [6.45, 7) is 1.91. The van der Waals surface area contributed by atoms with Gasteiger partial charge >= 0.3 is 0 Å². The van der Waals surface area contributed by atoms with E-state index in [4.69, 9.17) is 0 Å². The Labute approximate surface area is 168 Å². The number of aliphatic hydroxyl groups excluding tert-OH is 1. The van der Waals surface area contributed by atoms with Crippen molar-refractivity contribution >= 4 is 23.6 Å². The predicted molar refractivity (Wildman–Crippen MR) is 102 cm³/mol. The Morgan fingerprint density at radius 1 is 1.14 bits per heavy atom. The van der Waals surface area contributed by atoms with Crippen molar-refractivity contribution in [1.82, 2.24) is 20.4 Å². The average molecular weight is 400 g/mol. The van der Waals surface area contributed by atoms with Crippen LogP contribution in [0.5, 0.6) is 0 Å². The minimum atomic E-state index is -0.962. The van der Waals surface area contributed by atoms with Crippen LogP contribution in [0.25, 0.3) is 0 Å². The van der Waals surface area contributed by atoms with Crippen molar-refractivity contribution < 1.29 is 24.3 Å². The number of amides is 4. The van der Waals surface area contributed by atoms with Crippen molar-refractivity contribution in [2.45, 2.75) is 44.0 Å². The molecule has 1 aromatic carbocycles. The number of nitrogens with one attached hydrogen (secondary N) is 2. The third-order valence-electron chi connectivity index (χ3n) is 5.92. The Kier molecular flexibility index (Phi) is 5.20. The van der Waals surface area contributed by atoms with Gasteiger partial charge in [0, 0.05) is 25.6 Å². The first-order valence-electron chi connectivity index (χ1n) is 9.80. The van der Waals surface area contributed by atoms with Crippen molar-refractivity contribution in [2.75, 3.05) is 20.1 Å². The van der Waals surface area contributed by atoms with Crippen molar-refractivity contribution in [3.8, 4) is 0 Å². The highest BCUT2D eigenvalue weighted by Gasteiger charge is 2.44. The molecule has 3 heterocycles. The summed E-state index contributed by atoms with van der Waals surface area (Å²) in [4.78, 5) is 52.2. The SMILES string of the molecule is CN(Cc1ccc2c(c1)C(=O)N(C1CCC(=O)NC1=O)C2=O)C1CCNCC1O. The van der Waals surface area contributed by atoms with Crippen LogP contribution < -0.4 is 10.6 Å². The van der Waals surface area contributed by atoms with Gasteiger partial charge in [0.25, 0.3) is 11.8 Å². The first kappa shape index (κ1) is 19.7. The summed E-state index contributed by atoms with van der Waals surface area (Å²) < 4.78 is 0. The van der Waals surface area contributed by atoms with Gasteiger partial charge in [-0.2, -0.15) is 0 Å². The number of imide groups is 2. The van der Waals surface area contributed by atoms with E-state index in [1.807, 2.05) is 11.9 Å². The number of aliphatic hydroxyl groups is 1. The van der Waals surface area contributed by atoms with Crippen molar-refractivity contribution in [2.24, 2.45) is 0 Å². The summed E-state index contributed by atoms with van der Waals surface area (Å²) in [5.41, 5.74) is 1.40. The Balaban J connectivity index is 1.52. The van der Waals surface area contributed by atoms with Gasteiger partial charge in [-0.15, -0.1) is 0 Å². The van der Waals surface area contributed by atoms with Gasteiger partial charge in [0.15, 0.2) is 0 Å². The van der Waals surface area contributed by atoms with Crippen LogP contribution in [0.15, 0.2) is 18.2 Å². The number of carbonyl (C=O) groups excluding carboxylic acids is 4. The normalized spacial score (nSPS) is 27.4. The molecule has 2 fully saturated rings. The lowest BCUT2D eigenvalue weighted by atomic mass is 10.0. The second kappa shape index (κ2) is 7.66. The van der Waals surface area contributed by atoms with Crippen LogP contribution in [0, 0.1) is 0 Å². The molecule has 0 spiro atoms. The van der Waals surface area contributed by atoms with Gasteiger partial charge in [-0.25, -0.2) is 0 Å². The second-order valence-corrected chi connectivity index (χ2v) is 7.87. The monoisotopic (exact) mass is 400 g/mol. The molecular weight excluding hydrogens is 376 g/mol. The van der Waals surface area contributed by atoms with E-state index in [1.165, 1.54) is 0 Å². The molecule has 3 aliphatic rings. The summed E-state index contributed by atoms with van der Waals surface area (Å²) in [6.07, 6.45) is 0.593. The summed E-state index contributed by atoms with van der Waals surface area (Å²) in [6, 6.07) is 4.15. The first-order chi connectivity index (χ1) is 13.9. The zero-order valence-corrected chi connectivity index (χ0v) is 16.2. The minimum absolute atomic E-state index is 0.0156. The number of fused-ring (bicyclic) bond motifs is 1. The Bertz CT molecular complexity index is 886. The standard InChI is InChI=1S/C20H24N4O5/c1-23(14-6-7-21-9-16(14)25)10-11-2-3-12-13(8-11)20(29)24(19(12)28)15-4-5-17(26)22-18(15)27/h2-3,8,14-16,21,25H,4-7,9-10H2,1H3,(H,22,26,27). The van der Waals surface area contributed by atoms with E-state index in [0.29, 0.717) is 13.1 Å². The number of carbonyl (C=O) groups is 4. The topological polar surface area (TPSA) is 119 Å². The molecule has 0 radical (unpaired) electrons. The molecule has 154 valence electrons. The fraction of sp³-hybridized carbons (Fsp3) is 0.500. The van der Waals surface area contributed by atoms with Gasteiger partial charge in [-0.05, 0) is 44.1 Å². The van der Waals surface area contributed by atoms with E-state index in [2.05, 4.69) is 10.6 Å². The quantitative estimate of drug-likeness (QED) is 0.569. The molecule has 0 aromatic heterocycles. The number of benzene rings is 1. The molecule has 9 heteroatoms. The maximum atomic E-state index is 12.9. The molecule has 0 aliphatic carbocycles. The van der Waals surface area contributed by atoms with Crippen molar-refractivity contribution in [1.29, 1.82) is 0 Å². The summed E-state index contributed by atoms with van der Waals surface area (Å²) >= 11 is 0. The minimum Gasteiger partial charge on any atom is -0.390 e. The number of rotatable bonds is 4. The van der Waals surface area contributed by atoms with Crippen molar-refractivity contribution in [3.63, 3.8) is 0 Å². The van der Waals surface area contributed by atoms with E-state index in [1.54, 1.807) is 18.2 Å². The van der Waals surface area contributed by atoms with Crippen LogP contribution >= 0.6 is 0 Å². The fourth-order valence-electron chi connectivity index (χ4n) is 4.36. The summed E-state index contributed by atoms with van der Waals surface area (Å²) in [5, 5.41) is 15.5. The molecule has 2 saturated heterocycles. The van der Waals surface area contributed by atoms with E-state index < -0.39 is 35.8 Å². The van der Waals surface area contributed by atoms with Crippen LogP contribution in [0.1, 0.15) is 45.5 Å². The van der Waals surface area contributed by atoms with Gasteiger partial charge in [-0.3, -0.25) is 34.3 Å². The largest absolute Gasteiger partial charge is 0.390 e. The van der Waals surface area contributed by atoms with Crippen LogP contribution in [0.2, 0.25) is 0 Å². The third-order valence-corrected chi connectivity index (χ3v) is 5.92. The van der Waals surface area contributed by atoms with E-state index >= 15 is 0 Å². The van der Waals surface area contributed by atoms with Crippen LogP contribution in [-0.2, 0) is 16.1 Å². The van der Waals surface area contributed by atoms with E-state index in [-0.39, 0.29) is 30.0 Å². The number of β-amino-alcohol motifs (C(OH)–C–C–N with tert-alkyl or cyclic N) is 1. The molecule has 3 atom stereocenters. The zero-order chi connectivity index (χ0) is 20.7. The van der Waals surface area contributed by atoms with Gasteiger partial charge < -0.3 is 10.4 Å². The smallest absolute Gasteiger partial charge is 0.262 e. The van der Waals surface area contributed by atoms with Crippen LogP contribution in [0.4, 0.5) is 0 Å². The Morgan fingerprint density at radius 3 is 2.62 bits per heavy atom. The average Bonchev–Trinajstić information content (AvgIpc) is 2.93. The molecule has 1 aromatic rings. The second-order valence-electron chi connectivity index (χ2n) is 7.87. The maximum Gasteiger partial charge on any atom is 0.262 e. The highest BCUT2D eigenvalue weighted by atomic mass is 16.3. The molecule has 4 amide bonds. The first-order valence-corrected chi connectivity index (χ1v) is 9.80. The van der Waals surface area contributed by atoms with Gasteiger partial charge in [-0.1, -0.05) is 6.07 Å². The highest BCUT2D eigenvalue weighted by molar-refractivity contribution is 6.23. The zero-order valence-electron chi connectivity index (χ0n) is 16.2. The molecule has 3 unspecified atom stereocenters. The predicted octanol–water partition coefficient (Wildman–Crippen LogP) is -0.758. The molecular formula is C20H24N4O5. The molecule has 3 aliphatic heterocycles. The number of hydrogen-bond acceptors (Lipinski definition) is 7. The highest BCUT2D eigenvalue weighted by Crippen LogP contribution is 2.29. The van der Waals surface area contributed by atoms with Crippen LogP contribution in [0.3, 0.4) is 0 Å². The van der Waals surface area contributed by atoms with Crippen LogP contribution in [-0.4, -0.2) is 76.9 Å². The molecule has 29 heavy (non-hydrogen) atoms. The van der Waals surface area contributed by atoms with Gasteiger partial charge in [0.05, 0.1) is 17.2 Å². The van der Waals surface area contributed by atoms with Gasteiger partial charge in [0.1, 0.15) is 6.04 Å². The lowest BCUT2D eigenvalue weighted by Crippen LogP contribution is -2.54. The Morgan fingerprint density at radius 2 is 1.90 bits per heavy atom. The fourth-order valence-corrected chi connectivity index (χ4v) is 4.36. The summed E-state index contributed by atoms with van der Waals surface area (Å²) in [5.74, 6) is -2.03. The molecule has 3 N–H and O–H groups in total. The maximum absolute atomic E-state index is 12.9. The van der Waals surface area contributed by atoms with Gasteiger partial charge in [0.2, 0.25) is 11.8 Å². The van der Waals surface area contributed by atoms with E-state index in [9.17, 15) is 24.3 Å². The molecule has 9 nitrogen and oxygen atoms in total. The Hall–Kier alpha value is -2.62. The third kappa shape index (κ3) is 3.57. The lowest BCUT2D eigenvalue weighted by Gasteiger charge is -2.35. The summed E-state index contributed by atoms with van der Waals surface area (Å²) in [7, 11) is 1.93. The molecule has 4 rings (SSSR count). The number of nitrogens with zero attached hydrogens (tertiary/aromatic N) is 2. The number of hydrogen-bond donors (Lipinski definition) is 3. The molecule has 0 bridgehead atoms. The van der Waals surface area contributed by atoms with E-state index in [0.717, 1.165) is 23.4 Å². The number of piperidine rings is 2. The number of likely N-dealkylation sites (N-methyl/N-ethyl adjacent to an activating group) is 1.